The van der Waals surface area contributed by atoms with Crippen molar-refractivity contribution in [3.8, 4) is 0 Å². The number of nitrogens with zero attached hydrogens (tertiary/aromatic N) is 1. The first-order valence-corrected chi connectivity index (χ1v) is 7.70. The van der Waals surface area contributed by atoms with E-state index in [0.717, 1.165) is 16.7 Å². The van der Waals surface area contributed by atoms with Crippen LogP contribution in [0.5, 0.6) is 0 Å². The van der Waals surface area contributed by atoms with Gasteiger partial charge in [0.1, 0.15) is 0 Å². The normalized spacial score (nSPS) is 10.3. The van der Waals surface area contributed by atoms with Crippen LogP contribution in [0.1, 0.15) is 16.7 Å². The molecular formula is C16H18N2OS. The van der Waals surface area contributed by atoms with Gasteiger partial charge in [-0.1, -0.05) is 12.1 Å². The van der Waals surface area contributed by atoms with Crippen molar-refractivity contribution in [3.63, 3.8) is 0 Å². The second kappa shape index (κ2) is 7.10. The smallest absolute Gasteiger partial charge is 0.224 e. The monoisotopic (exact) mass is 286 g/mol. The van der Waals surface area contributed by atoms with E-state index < -0.39 is 0 Å². The number of thioether (sulfide) groups is 1. The zero-order valence-electron chi connectivity index (χ0n) is 11.7. The Labute approximate surface area is 123 Å². The van der Waals surface area contributed by atoms with Gasteiger partial charge in [-0.3, -0.25) is 9.78 Å². The number of hydrogen-bond acceptors (Lipinski definition) is 3. The van der Waals surface area contributed by atoms with Crippen molar-refractivity contribution in [1.82, 2.24) is 10.3 Å². The fourth-order valence-electron chi connectivity index (χ4n) is 1.88. The van der Waals surface area contributed by atoms with E-state index in [1.165, 1.54) is 4.90 Å². The van der Waals surface area contributed by atoms with Gasteiger partial charge in [-0.15, -0.1) is 11.8 Å². The van der Waals surface area contributed by atoms with Gasteiger partial charge < -0.3 is 5.32 Å². The molecular weight excluding hydrogens is 268 g/mol. The first-order chi connectivity index (χ1) is 9.69. The Morgan fingerprint density at radius 1 is 1.25 bits per heavy atom. The number of aromatic nitrogens is 1. The number of benzene rings is 1. The van der Waals surface area contributed by atoms with Crippen molar-refractivity contribution < 1.29 is 4.79 Å². The van der Waals surface area contributed by atoms with Crippen LogP contribution in [0, 0.1) is 6.92 Å². The van der Waals surface area contributed by atoms with E-state index in [1.54, 1.807) is 24.2 Å². The number of pyridine rings is 1. The summed E-state index contributed by atoms with van der Waals surface area (Å²) in [6, 6.07) is 10.1. The lowest BCUT2D eigenvalue weighted by molar-refractivity contribution is -0.120. The van der Waals surface area contributed by atoms with Gasteiger partial charge in [0.25, 0.3) is 0 Å². The lowest BCUT2D eigenvalue weighted by Crippen LogP contribution is -2.24. The number of hydrogen-bond donors (Lipinski definition) is 1. The Hall–Kier alpha value is -1.81. The van der Waals surface area contributed by atoms with Gasteiger partial charge in [-0.25, -0.2) is 0 Å². The van der Waals surface area contributed by atoms with Gasteiger partial charge in [-0.05, 0) is 48.1 Å². The van der Waals surface area contributed by atoms with Crippen molar-refractivity contribution in [2.24, 2.45) is 0 Å². The fourth-order valence-corrected chi connectivity index (χ4v) is 2.29. The molecule has 1 heterocycles. The SMILES string of the molecule is CSc1ccc(CNC(=O)Cc2ccncc2C)cc1. The van der Waals surface area contributed by atoms with Crippen LogP contribution in [-0.4, -0.2) is 17.1 Å². The molecule has 0 aliphatic heterocycles. The van der Waals surface area contributed by atoms with Gasteiger partial charge >= 0.3 is 0 Å². The molecule has 1 amide bonds. The first kappa shape index (κ1) is 14.6. The van der Waals surface area contributed by atoms with Crippen molar-refractivity contribution >= 4 is 17.7 Å². The minimum absolute atomic E-state index is 0.0354. The molecule has 2 rings (SSSR count). The number of amides is 1. The summed E-state index contributed by atoms with van der Waals surface area (Å²) in [5, 5.41) is 2.95. The number of nitrogens with one attached hydrogen (secondary N) is 1. The molecule has 0 atom stereocenters. The Morgan fingerprint density at radius 3 is 2.65 bits per heavy atom. The molecule has 0 spiro atoms. The van der Waals surface area contributed by atoms with E-state index in [0.29, 0.717) is 13.0 Å². The summed E-state index contributed by atoms with van der Waals surface area (Å²) in [6.07, 6.45) is 5.95. The summed E-state index contributed by atoms with van der Waals surface area (Å²) in [6.45, 7) is 2.54. The van der Waals surface area contributed by atoms with E-state index in [2.05, 4.69) is 22.4 Å². The van der Waals surface area contributed by atoms with Crippen LogP contribution >= 0.6 is 11.8 Å². The van der Waals surface area contributed by atoms with Crippen LogP contribution in [0.15, 0.2) is 47.6 Å². The molecule has 3 nitrogen and oxygen atoms in total. The highest BCUT2D eigenvalue weighted by Crippen LogP contribution is 2.14. The number of aryl methyl sites for hydroxylation is 1. The molecule has 0 aliphatic rings. The lowest BCUT2D eigenvalue weighted by atomic mass is 10.1. The highest BCUT2D eigenvalue weighted by Gasteiger charge is 2.05. The van der Waals surface area contributed by atoms with Crippen LogP contribution in [0.25, 0.3) is 0 Å². The third-order valence-corrected chi connectivity index (χ3v) is 3.88. The highest BCUT2D eigenvalue weighted by atomic mass is 32.2. The van der Waals surface area contributed by atoms with Gasteiger partial charge in [0.15, 0.2) is 0 Å². The molecule has 1 aromatic heterocycles. The van der Waals surface area contributed by atoms with Crippen molar-refractivity contribution in [3.05, 3.63) is 59.4 Å². The molecule has 0 saturated carbocycles. The summed E-state index contributed by atoms with van der Waals surface area (Å²) in [4.78, 5) is 17.2. The molecule has 0 radical (unpaired) electrons. The Bertz CT molecular complexity index is 581. The number of rotatable bonds is 5. The molecule has 20 heavy (non-hydrogen) atoms. The molecule has 104 valence electrons. The molecule has 0 bridgehead atoms. The lowest BCUT2D eigenvalue weighted by Gasteiger charge is -2.07. The Kier molecular flexibility index (Phi) is 5.18. The predicted molar refractivity (Wildman–Crippen MR) is 82.7 cm³/mol. The van der Waals surface area contributed by atoms with Gasteiger partial charge in [0.05, 0.1) is 6.42 Å². The zero-order chi connectivity index (χ0) is 14.4. The predicted octanol–water partition coefficient (Wildman–Crippen LogP) is 2.97. The van der Waals surface area contributed by atoms with Crippen molar-refractivity contribution in [1.29, 1.82) is 0 Å². The van der Waals surface area contributed by atoms with Gasteiger partial charge in [0.2, 0.25) is 5.91 Å². The van der Waals surface area contributed by atoms with Crippen LogP contribution < -0.4 is 5.32 Å². The zero-order valence-corrected chi connectivity index (χ0v) is 12.5. The summed E-state index contributed by atoms with van der Waals surface area (Å²) >= 11 is 1.71. The molecule has 0 saturated heterocycles. The standard InChI is InChI=1S/C16H18N2OS/c1-12-10-17-8-7-14(12)9-16(19)18-11-13-3-5-15(20-2)6-4-13/h3-8,10H,9,11H2,1-2H3,(H,18,19). The second-order valence-electron chi connectivity index (χ2n) is 4.60. The summed E-state index contributed by atoms with van der Waals surface area (Å²) in [5.74, 6) is 0.0354. The van der Waals surface area contributed by atoms with E-state index in [4.69, 9.17) is 0 Å². The van der Waals surface area contributed by atoms with E-state index >= 15 is 0 Å². The summed E-state index contributed by atoms with van der Waals surface area (Å²) < 4.78 is 0. The minimum atomic E-state index is 0.0354. The third kappa shape index (κ3) is 4.10. The number of carbonyl (C=O) groups excluding carboxylic acids is 1. The molecule has 1 N–H and O–H groups in total. The third-order valence-electron chi connectivity index (χ3n) is 3.14. The topological polar surface area (TPSA) is 42.0 Å². The number of carbonyl (C=O) groups is 1. The second-order valence-corrected chi connectivity index (χ2v) is 5.48. The molecule has 0 unspecified atom stereocenters. The molecule has 0 aliphatic carbocycles. The molecule has 0 fully saturated rings. The van der Waals surface area contributed by atoms with Crippen molar-refractivity contribution in [2.45, 2.75) is 24.8 Å². The fraction of sp³-hybridized carbons (Fsp3) is 0.250. The largest absolute Gasteiger partial charge is 0.352 e. The maximum atomic E-state index is 11.9. The van der Waals surface area contributed by atoms with Crippen LogP contribution in [0.3, 0.4) is 0 Å². The summed E-state index contributed by atoms with van der Waals surface area (Å²) in [5.41, 5.74) is 3.19. The average molecular weight is 286 g/mol. The van der Waals surface area contributed by atoms with Crippen LogP contribution in [0.4, 0.5) is 0 Å². The Morgan fingerprint density at radius 2 is 2.00 bits per heavy atom. The molecule has 1 aromatic carbocycles. The van der Waals surface area contributed by atoms with E-state index in [1.807, 2.05) is 31.4 Å². The van der Waals surface area contributed by atoms with Crippen LogP contribution in [0.2, 0.25) is 0 Å². The quantitative estimate of drug-likeness (QED) is 0.859. The van der Waals surface area contributed by atoms with E-state index in [9.17, 15) is 4.79 Å². The van der Waals surface area contributed by atoms with Crippen molar-refractivity contribution in [2.75, 3.05) is 6.26 Å². The minimum Gasteiger partial charge on any atom is -0.352 e. The van der Waals surface area contributed by atoms with Crippen LogP contribution in [-0.2, 0) is 17.8 Å². The summed E-state index contributed by atoms with van der Waals surface area (Å²) in [7, 11) is 0. The van der Waals surface area contributed by atoms with Gasteiger partial charge in [0, 0.05) is 23.8 Å². The first-order valence-electron chi connectivity index (χ1n) is 6.48. The van der Waals surface area contributed by atoms with Gasteiger partial charge in [-0.2, -0.15) is 0 Å². The average Bonchev–Trinajstić information content (AvgIpc) is 2.48. The highest BCUT2D eigenvalue weighted by molar-refractivity contribution is 7.98. The maximum absolute atomic E-state index is 11.9. The molecule has 4 heteroatoms. The Balaban J connectivity index is 1.87. The van der Waals surface area contributed by atoms with E-state index in [-0.39, 0.29) is 5.91 Å². The maximum Gasteiger partial charge on any atom is 0.224 e. The molecule has 2 aromatic rings.